The molecule has 2 N–H and O–H groups in total. The lowest BCUT2D eigenvalue weighted by Crippen LogP contribution is -2.21. The van der Waals surface area contributed by atoms with Crippen LogP contribution >= 0.6 is 11.8 Å². The van der Waals surface area contributed by atoms with E-state index < -0.39 is 0 Å². The number of hydrogen-bond acceptors (Lipinski definition) is 4. The van der Waals surface area contributed by atoms with E-state index in [2.05, 4.69) is 18.2 Å². The SMILES string of the molecule is CCOc1cccc(N(C)CCSC)c1N. The second-order valence-electron chi connectivity index (χ2n) is 3.54. The minimum Gasteiger partial charge on any atom is -0.492 e. The van der Waals surface area contributed by atoms with Crippen LogP contribution in [0.5, 0.6) is 5.75 Å². The van der Waals surface area contributed by atoms with Crippen LogP contribution < -0.4 is 15.4 Å². The van der Waals surface area contributed by atoms with Crippen LogP contribution in [0.3, 0.4) is 0 Å². The number of anilines is 2. The Kier molecular flexibility index (Phi) is 5.32. The summed E-state index contributed by atoms with van der Waals surface area (Å²) >= 11 is 1.83. The monoisotopic (exact) mass is 240 g/mol. The Bertz CT molecular complexity index is 331. The van der Waals surface area contributed by atoms with Gasteiger partial charge < -0.3 is 15.4 Å². The maximum absolute atomic E-state index is 6.07. The van der Waals surface area contributed by atoms with Crippen LogP contribution in [0.2, 0.25) is 0 Å². The molecule has 1 aromatic carbocycles. The Hall–Kier alpha value is -1.03. The van der Waals surface area contributed by atoms with Crippen LogP contribution in [0.1, 0.15) is 6.92 Å². The lowest BCUT2D eigenvalue weighted by molar-refractivity contribution is 0.342. The number of para-hydroxylation sites is 1. The number of hydrogen-bond donors (Lipinski definition) is 1. The van der Waals surface area contributed by atoms with Crippen molar-refractivity contribution in [3.63, 3.8) is 0 Å². The van der Waals surface area contributed by atoms with Gasteiger partial charge in [0.15, 0.2) is 0 Å². The molecule has 90 valence electrons. The molecule has 3 nitrogen and oxygen atoms in total. The molecule has 0 heterocycles. The van der Waals surface area contributed by atoms with Crippen molar-refractivity contribution in [2.24, 2.45) is 0 Å². The fourth-order valence-corrected chi connectivity index (χ4v) is 1.95. The zero-order valence-corrected chi connectivity index (χ0v) is 11.0. The molecular formula is C12H20N2OS. The average molecular weight is 240 g/mol. The third kappa shape index (κ3) is 3.23. The van der Waals surface area contributed by atoms with Crippen LogP contribution in [0.4, 0.5) is 11.4 Å². The average Bonchev–Trinajstić information content (AvgIpc) is 2.29. The van der Waals surface area contributed by atoms with Crippen molar-refractivity contribution in [2.45, 2.75) is 6.92 Å². The topological polar surface area (TPSA) is 38.5 Å². The van der Waals surface area contributed by atoms with Crippen molar-refractivity contribution >= 4 is 23.1 Å². The Morgan fingerprint density at radius 3 is 2.81 bits per heavy atom. The Morgan fingerprint density at radius 1 is 1.44 bits per heavy atom. The summed E-state index contributed by atoms with van der Waals surface area (Å²) in [5.41, 5.74) is 7.84. The van der Waals surface area contributed by atoms with Crippen molar-refractivity contribution in [3.8, 4) is 5.75 Å². The van der Waals surface area contributed by atoms with Crippen molar-refractivity contribution in [3.05, 3.63) is 18.2 Å². The van der Waals surface area contributed by atoms with Crippen molar-refractivity contribution in [1.82, 2.24) is 0 Å². The van der Waals surface area contributed by atoms with Gasteiger partial charge in [-0.1, -0.05) is 6.07 Å². The van der Waals surface area contributed by atoms with Gasteiger partial charge in [-0.2, -0.15) is 11.8 Å². The molecule has 0 radical (unpaired) electrons. The third-order valence-electron chi connectivity index (χ3n) is 2.39. The van der Waals surface area contributed by atoms with E-state index in [9.17, 15) is 0 Å². The van der Waals surface area contributed by atoms with E-state index in [-0.39, 0.29) is 0 Å². The molecule has 1 aromatic rings. The summed E-state index contributed by atoms with van der Waals surface area (Å²) in [5, 5.41) is 0. The van der Waals surface area contributed by atoms with E-state index in [1.807, 2.05) is 36.9 Å². The van der Waals surface area contributed by atoms with E-state index in [4.69, 9.17) is 10.5 Å². The first-order valence-electron chi connectivity index (χ1n) is 5.42. The zero-order chi connectivity index (χ0) is 12.0. The summed E-state index contributed by atoms with van der Waals surface area (Å²) in [6.45, 7) is 3.59. The predicted molar refractivity (Wildman–Crippen MR) is 73.7 cm³/mol. The number of nitrogens with two attached hydrogens (primary N) is 1. The van der Waals surface area contributed by atoms with Crippen LogP contribution in [-0.2, 0) is 0 Å². The molecule has 0 atom stereocenters. The molecule has 0 aliphatic rings. The van der Waals surface area contributed by atoms with Crippen LogP contribution in [0, 0.1) is 0 Å². The Balaban J connectivity index is 2.82. The molecule has 0 unspecified atom stereocenters. The molecule has 1 rings (SSSR count). The van der Waals surface area contributed by atoms with Gasteiger partial charge in [-0.3, -0.25) is 0 Å². The van der Waals surface area contributed by atoms with Gasteiger partial charge in [0.25, 0.3) is 0 Å². The summed E-state index contributed by atoms with van der Waals surface area (Å²) in [6, 6.07) is 5.91. The first-order chi connectivity index (χ1) is 7.70. The highest BCUT2D eigenvalue weighted by atomic mass is 32.2. The van der Waals surface area contributed by atoms with Crippen LogP contribution in [0.25, 0.3) is 0 Å². The summed E-state index contributed by atoms with van der Waals surface area (Å²) < 4.78 is 5.48. The summed E-state index contributed by atoms with van der Waals surface area (Å²) in [5.74, 6) is 1.87. The molecule has 0 amide bonds. The molecule has 0 aromatic heterocycles. The molecule has 0 aliphatic heterocycles. The van der Waals surface area contributed by atoms with E-state index in [0.29, 0.717) is 6.61 Å². The highest BCUT2D eigenvalue weighted by Crippen LogP contribution is 2.31. The highest BCUT2D eigenvalue weighted by Gasteiger charge is 2.09. The smallest absolute Gasteiger partial charge is 0.144 e. The van der Waals surface area contributed by atoms with Crippen molar-refractivity contribution in [2.75, 3.05) is 42.8 Å². The number of rotatable bonds is 6. The number of thioether (sulfide) groups is 1. The lowest BCUT2D eigenvalue weighted by Gasteiger charge is -2.21. The number of benzene rings is 1. The molecule has 0 fully saturated rings. The first-order valence-corrected chi connectivity index (χ1v) is 6.81. The van der Waals surface area contributed by atoms with Gasteiger partial charge in [-0.05, 0) is 25.3 Å². The number of nitrogens with zero attached hydrogens (tertiary/aromatic N) is 1. The quantitative estimate of drug-likeness (QED) is 0.775. The van der Waals surface area contributed by atoms with Gasteiger partial charge in [0.05, 0.1) is 18.0 Å². The standard InChI is InChI=1S/C12H20N2OS/c1-4-15-11-7-5-6-10(12(11)13)14(2)8-9-16-3/h5-7H,4,8-9,13H2,1-3H3. The Morgan fingerprint density at radius 2 is 2.19 bits per heavy atom. The second kappa shape index (κ2) is 6.53. The van der Waals surface area contributed by atoms with Gasteiger partial charge in [0, 0.05) is 19.3 Å². The summed E-state index contributed by atoms with van der Waals surface area (Å²) in [7, 11) is 2.05. The molecule has 0 spiro atoms. The van der Waals surface area contributed by atoms with Gasteiger partial charge in [0.1, 0.15) is 5.75 Å². The minimum atomic E-state index is 0.641. The molecule has 0 saturated carbocycles. The molecule has 0 aliphatic carbocycles. The van der Waals surface area contributed by atoms with E-state index in [0.717, 1.165) is 29.4 Å². The molecular weight excluding hydrogens is 220 g/mol. The van der Waals surface area contributed by atoms with Gasteiger partial charge in [0.2, 0.25) is 0 Å². The minimum absolute atomic E-state index is 0.641. The number of ether oxygens (including phenoxy) is 1. The lowest BCUT2D eigenvalue weighted by atomic mass is 10.2. The largest absolute Gasteiger partial charge is 0.492 e. The van der Waals surface area contributed by atoms with Crippen LogP contribution in [0.15, 0.2) is 18.2 Å². The summed E-state index contributed by atoms with van der Waals surface area (Å²) in [4.78, 5) is 2.16. The van der Waals surface area contributed by atoms with Gasteiger partial charge >= 0.3 is 0 Å². The second-order valence-corrected chi connectivity index (χ2v) is 4.52. The van der Waals surface area contributed by atoms with Crippen LogP contribution in [-0.4, -0.2) is 32.2 Å². The van der Waals surface area contributed by atoms with E-state index in [1.165, 1.54) is 0 Å². The fraction of sp³-hybridized carbons (Fsp3) is 0.500. The summed E-state index contributed by atoms with van der Waals surface area (Å²) in [6.07, 6.45) is 2.10. The Labute approximate surface area is 102 Å². The van der Waals surface area contributed by atoms with E-state index >= 15 is 0 Å². The fourth-order valence-electron chi connectivity index (χ4n) is 1.50. The maximum Gasteiger partial charge on any atom is 0.144 e. The molecule has 0 saturated heterocycles. The van der Waals surface area contributed by atoms with E-state index in [1.54, 1.807) is 0 Å². The first kappa shape index (κ1) is 13.0. The van der Waals surface area contributed by atoms with Gasteiger partial charge in [-0.15, -0.1) is 0 Å². The van der Waals surface area contributed by atoms with Crippen molar-refractivity contribution < 1.29 is 4.74 Å². The zero-order valence-electron chi connectivity index (χ0n) is 10.2. The molecule has 4 heteroatoms. The maximum atomic E-state index is 6.07. The normalized spacial score (nSPS) is 10.2. The van der Waals surface area contributed by atoms with Gasteiger partial charge in [-0.25, -0.2) is 0 Å². The third-order valence-corrected chi connectivity index (χ3v) is 2.98. The van der Waals surface area contributed by atoms with Crippen molar-refractivity contribution in [1.29, 1.82) is 0 Å². The predicted octanol–water partition coefficient (Wildman–Crippen LogP) is 2.47. The molecule has 16 heavy (non-hydrogen) atoms. The number of nitrogen functional groups attached to an aromatic ring is 1. The molecule has 0 bridgehead atoms. The highest BCUT2D eigenvalue weighted by molar-refractivity contribution is 7.98.